The standard InChI is InChI=1S/C18H29NO8S2/c1-18(2,3)14-27-29(23,24)11-10-16(13-26-28(4,21)22)19-17(20)25-12-15-8-6-5-7-9-15/h5-9,16H,10-14H2,1-4H3,(H,19,20)/t16-/m0/s1. The minimum atomic E-state index is -3.85. The van der Waals surface area contributed by atoms with E-state index in [1.807, 2.05) is 26.8 Å². The Morgan fingerprint density at radius 1 is 1.07 bits per heavy atom. The molecule has 0 saturated heterocycles. The first-order valence-electron chi connectivity index (χ1n) is 8.94. The molecule has 0 aromatic heterocycles. The maximum Gasteiger partial charge on any atom is 0.407 e. The molecule has 11 heteroatoms. The van der Waals surface area contributed by atoms with E-state index in [1.165, 1.54) is 0 Å². The van der Waals surface area contributed by atoms with Gasteiger partial charge >= 0.3 is 6.09 Å². The zero-order chi connectivity index (χ0) is 22.1. The third kappa shape index (κ3) is 13.2. The summed E-state index contributed by atoms with van der Waals surface area (Å²) in [4.78, 5) is 12.0. The number of rotatable bonds is 11. The van der Waals surface area contributed by atoms with Crippen LogP contribution in [0.15, 0.2) is 30.3 Å². The van der Waals surface area contributed by atoms with Crippen molar-refractivity contribution >= 4 is 26.3 Å². The highest BCUT2D eigenvalue weighted by atomic mass is 32.2. The molecule has 0 saturated carbocycles. The van der Waals surface area contributed by atoms with Gasteiger partial charge in [-0.25, -0.2) is 4.79 Å². The first kappa shape index (κ1) is 25.3. The summed E-state index contributed by atoms with van der Waals surface area (Å²) in [6.07, 6.45) is -0.0624. The van der Waals surface area contributed by atoms with Crippen molar-refractivity contribution in [2.45, 2.75) is 39.8 Å². The molecule has 0 fully saturated rings. The van der Waals surface area contributed by atoms with E-state index in [1.54, 1.807) is 24.3 Å². The Hall–Kier alpha value is -1.69. The van der Waals surface area contributed by atoms with Gasteiger partial charge in [-0.1, -0.05) is 51.1 Å². The highest BCUT2D eigenvalue weighted by Crippen LogP contribution is 2.15. The van der Waals surface area contributed by atoms with Gasteiger partial charge in [-0.2, -0.15) is 16.8 Å². The molecule has 29 heavy (non-hydrogen) atoms. The summed E-state index contributed by atoms with van der Waals surface area (Å²) in [6, 6.07) is 8.06. The molecule has 0 heterocycles. The van der Waals surface area contributed by atoms with Crippen molar-refractivity contribution in [3.05, 3.63) is 35.9 Å². The van der Waals surface area contributed by atoms with Gasteiger partial charge in [-0.3, -0.25) is 8.37 Å². The fraction of sp³-hybridized carbons (Fsp3) is 0.611. The fourth-order valence-electron chi connectivity index (χ4n) is 1.95. The van der Waals surface area contributed by atoms with Crippen molar-refractivity contribution in [2.24, 2.45) is 5.41 Å². The first-order valence-corrected chi connectivity index (χ1v) is 12.3. The number of hydrogen-bond acceptors (Lipinski definition) is 8. The van der Waals surface area contributed by atoms with Gasteiger partial charge in [0.15, 0.2) is 0 Å². The zero-order valence-corrected chi connectivity index (χ0v) is 18.7. The molecule has 1 N–H and O–H groups in total. The summed E-state index contributed by atoms with van der Waals surface area (Å²) < 4.78 is 61.3. The van der Waals surface area contributed by atoms with Crippen molar-refractivity contribution in [1.82, 2.24) is 5.32 Å². The van der Waals surface area contributed by atoms with Gasteiger partial charge in [-0.15, -0.1) is 0 Å². The maximum atomic E-state index is 12.1. The monoisotopic (exact) mass is 451 g/mol. The van der Waals surface area contributed by atoms with E-state index in [0.717, 1.165) is 11.8 Å². The lowest BCUT2D eigenvalue weighted by Crippen LogP contribution is -2.40. The van der Waals surface area contributed by atoms with E-state index in [2.05, 4.69) is 5.32 Å². The van der Waals surface area contributed by atoms with Crippen LogP contribution in [0.2, 0.25) is 0 Å². The highest BCUT2D eigenvalue weighted by molar-refractivity contribution is 7.86. The Kier molecular flexibility index (Phi) is 9.53. The molecule has 0 aliphatic heterocycles. The number of amides is 1. The van der Waals surface area contributed by atoms with E-state index in [0.29, 0.717) is 0 Å². The summed E-state index contributed by atoms with van der Waals surface area (Å²) in [5.74, 6) is -0.417. The molecule has 0 aliphatic rings. The average Bonchev–Trinajstić information content (AvgIpc) is 2.60. The highest BCUT2D eigenvalue weighted by Gasteiger charge is 2.22. The molecule has 1 amide bonds. The number of carbonyl (C=O) groups is 1. The second-order valence-electron chi connectivity index (χ2n) is 7.76. The number of ether oxygens (including phenoxy) is 1. The van der Waals surface area contributed by atoms with Crippen molar-refractivity contribution in [1.29, 1.82) is 0 Å². The van der Waals surface area contributed by atoms with Gasteiger partial charge in [0.05, 0.1) is 31.3 Å². The average molecular weight is 452 g/mol. The van der Waals surface area contributed by atoms with Crippen LogP contribution in [-0.2, 0) is 39.9 Å². The Labute approximate surface area is 173 Å². The largest absolute Gasteiger partial charge is 0.445 e. The van der Waals surface area contributed by atoms with Crippen LogP contribution in [0.4, 0.5) is 4.79 Å². The fourth-order valence-corrected chi connectivity index (χ4v) is 3.58. The van der Waals surface area contributed by atoms with E-state index < -0.39 is 44.7 Å². The van der Waals surface area contributed by atoms with Gasteiger partial charge in [0, 0.05) is 0 Å². The SMILES string of the molecule is CC(C)(C)COS(=O)(=O)CC[C@@H](COS(C)(=O)=O)NC(=O)OCc1ccccc1. The van der Waals surface area contributed by atoms with Crippen molar-refractivity contribution < 1.29 is 34.7 Å². The van der Waals surface area contributed by atoms with Crippen LogP contribution in [0.5, 0.6) is 0 Å². The van der Waals surface area contributed by atoms with Crippen molar-refractivity contribution in [3.8, 4) is 0 Å². The summed E-state index contributed by atoms with van der Waals surface area (Å²) in [5, 5.41) is 2.43. The summed E-state index contributed by atoms with van der Waals surface area (Å²) >= 11 is 0. The lowest BCUT2D eigenvalue weighted by molar-refractivity contribution is 0.130. The molecule has 0 unspecified atom stereocenters. The molecule has 1 aromatic carbocycles. The van der Waals surface area contributed by atoms with Gasteiger partial charge < -0.3 is 10.1 Å². The number of carbonyl (C=O) groups excluding carboxylic acids is 1. The van der Waals surface area contributed by atoms with Crippen LogP contribution in [0.1, 0.15) is 32.8 Å². The number of nitrogens with one attached hydrogen (secondary N) is 1. The third-order valence-electron chi connectivity index (χ3n) is 3.41. The number of alkyl carbamates (subject to hydrolysis) is 1. The summed E-state index contributed by atoms with van der Waals surface area (Å²) in [6.45, 7) is 5.08. The Balaban J connectivity index is 2.63. The molecule has 166 valence electrons. The van der Waals surface area contributed by atoms with E-state index in [-0.39, 0.29) is 25.0 Å². The molecule has 0 radical (unpaired) electrons. The van der Waals surface area contributed by atoms with Crippen LogP contribution in [0.25, 0.3) is 0 Å². The predicted octanol–water partition coefficient (Wildman–Crippen LogP) is 2.04. The normalized spacial score (nSPS) is 13.7. The first-order chi connectivity index (χ1) is 13.3. The number of benzene rings is 1. The zero-order valence-electron chi connectivity index (χ0n) is 17.1. The van der Waals surface area contributed by atoms with Crippen molar-refractivity contribution in [3.63, 3.8) is 0 Å². The topological polar surface area (TPSA) is 125 Å². The lowest BCUT2D eigenvalue weighted by atomic mass is 9.99. The van der Waals surface area contributed by atoms with E-state index in [4.69, 9.17) is 13.1 Å². The Morgan fingerprint density at radius 3 is 2.24 bits per heavy atom. The minimum absolute atomic E-state index is 0.00633. The Bertz CT molecular complexity index is 846. The molecule has 1 rings (SSSR count). The van der Waals surface area contributed by atoms with Gasteiger partial charge in [0.25, 0.3) is 20.2 Å². The van der Waals surface area contributed by atoms with E-state index in [9.17, 15) is 21.6 Å². The molecular formula is C18H29NO8S2. The molecule has 9 nitrogen and oxygen atoms in total. The van der Waals surface area contributed by atoms with Crippen LogP contribution >= 0.6 is 0 Å². The predicted molar refractivity (Wildman–Crippen MR) is 108 cm³/mol. The Morgan fingerprint density at radius 2 is 1.69 bits per heavy atom. The van der Waals surface area contributed by atoms with E-state index >= 15 is 0 Å². The summed E-state index contributed by atoms with van der Waals surface area (Å²) in [5.41, 5.74) is 0.426. The van der Waals surface area contributed by atoms with Crippen LogP contribution < -0.4 is 5.32 Å². The molecule has 1 aromatic rings. The second-order valence-corrected chi connectivity index (χ2v) is 11.2. The molecule has 0 spiro atoms. The second kappa shape index (κ2) is 10.9. The van der Waals surface area contributed by atoms with Gasteiger partial charge in [0.1, 0.15) is 6.61 Å². The smallest absolute Gasteiger partial charge is 0.407 e. The minimum Gasteiger partial charge on any atom is -0.445 e. The lowest BCUT2D eigenvalue weighted by Gasteiger charge is -2.20. The quantitative estimate of drug-likeness (QED) is 0.507. The van der Waals surface area contributed by atoms with Gasteiger partial charge in [-0.05, 0) is 17.4 Å². The number of hydrogen-bond donors (Lipinski definition) is 1. The van der Waals surface area contributed by atoms with Crippen molar-refractivity contribution in [2.75, 3.05) is 25.2 Å². The molecule has 0 aliphatic carbocycles. The molecule has 0 bridgehead atoms. The maximum absolute atomic E-state index is 12.1. The summed E-state index contributed by atoms with van der Waals surface area (Å²) in [7, 11) is -7.62. The van der Waals surface area contributed by atoms with Crippen LogP contribution in [-0.4, -0.2) is 54.2 Å². The third-order valence-corrected chi connectivity index (χ3v) is 5.18. The molecule has 1 atom stereocenters. The van der Waals surface area contributed by atoms with Crippen LogP contribution in [0.3, 0.4) is 0 Å². The van der Waals surface area contributed by atoms with Gasteiger partial charge in [0.2, 0.25) is 0 Å². The molecular weight excluding hydrogens is 422 g/mol. The van der Waals surface area contributed by atoms with Crippen LogP contribution in [0, 0.1) is 5.41 Å².